The minimum atomic E-state index is -3.61. The number of hydrogen-bond acceptors (Lipinski definition) is 3. The predicted octanol–water partition coefficient (Wildman–Crippen LogP) is 3.96. The topological polar surface area (TPSA) is 57.7 Å². The van der Waals surface area contributed by atoms with Gasteiger partial charge in [-0.3, -0.25) is 4.79 Å². The molecule has 5 nitrogen and oxygen atoms in total. The first-order chi connectivity index (χ1) is 12.9. The van der Waals surface area contributed by atoms with Gasteiger partial charge in [0.2, 0.25) is 10.0 Å². The number of carbonyl (C=O) groups excluding carboxylic acids is 1. The highest BCUT2D eigenvalue weighted by molar-refractivity contribution is 7.89. The van der Waals surface area contributed by atoms with Crippen LogP contribution in [0.5, 0.6) is 0 Å². The van der Waals surface area contributed by atoms with Gasteiger partial charge in [0.25, 0.3) is 5.91 Å². The van der Waals surface area contributed by atoms with Gasteiger partial charge in [-0.05, 0) is 54.8 Å². The van der Waals surface area contributed by atoms with Crippen LogP contribution in [0.1, 0.15) is 36.2 Å². The van der Waals surface area contributed by atoms with E-state index in [1.807, 2.05) is 12.1 Å². The maximum absolute atomic E-state index is 13.1. The SMILES string of the molecule is CCN(CC)S(=O)(=O)c1cccc(C(=O)N2CCCc3cc(Cl)ccc32)c1. The molecule has 1 aliphatic heterocycles. The lowest BCUT2D eigenvalue weighted by molar-refractivity contribution is 0.0985. The molecule has 0 radical (unpaired) electrons. The zero-order valence-electron chi connectivity index (χ0n) is 15.5. The molecule has 0 saturated carbocycles. The molecule has 27 heavy (non-hydrogen) atoms. The van der Waals surface area contributed by atoms with Crippen LogP contribution in [0.15, 0.2) is 47.4 Å². The number of carbonyl (C=O) groups is 1. The number of aryl methyl sites for hydroxylation is 1. The lowest BCUT2D eigenvalue weighted by Gasteiger charge is -2.30. The minimum Gasteiger partial charge on any atom is -0.308 e. The molecule has 0 atom stereocenters. The van der Waals surface area contributed by atoms with E-state index in [9.17, 15) is 13.2 Å². The van der Waals surface area contributed by atoms with Gasteiger partial charge in [0, 0.05) is 35.9 Å². The monoisotopic (exact) mass is 406 g/mol. The number of nitrogens with zero attached hydrogens (tertiary/aromatic N) is 2. The van der Waals surface area contributed by atoms with E-state index >= 15 is 0 Å². The Bertz CT molecular complexity index is 955. The number of anilines is 1. The average Bonchev–Trinajstić information content (AvgIpc) is 2.67. The van der Waals surface area contributed by atoms with E-state index in [1.165, 1.54) is 16.4 Å². The minimum absolute atomic E-state index is 0.144. The van der Waals surface area contributed by atoms with Crippen molar-refractivity contribution >= 4 is 33.2 Å². The summed E-state index contributed by atoms with van der Waals surface area (Å²) in [5, 5.41) is 0.648. The maximum atomic E-state index is 13.1. The Morgan fingerprint density at radius 3 is 2.59 bits per heavy atom. The van der Waals surface area contributed by atoms with Crippen molar-refractivity contribution < 1.29 is 13.2 Å². The average molecular weight is 407 g/mol. The smallest absolute Gasteiger partial charge is 0.258 e. The number of halogens is 1. The molecular formula is C20H23ClN2O3S. The third kappa shape index (κ3) is 3.88. The third-order valence-corrected chi connectivity index (χ3v) is 7.11. The summed E-state index contributed by atoms with van der Waals surface area (Å²) in [7, 11) is -3.61. The summed E-state index contributed by atoms with van der Waals surface area (Å²) >= 11 is 6.07. The highest BCUT2D eigenvalue weighted by Gasteiger charge is 2.26. The molecule has 0 aliphatic carbocycles. The van der Waals surface area contributed by atoms with Crippen molar-refractivity contribution in [2.24, 2.45) is 0 Å². The summed E-state index contributed by atoms with van der Waals surface area (Å²) in [5.74, 6) is -0.199. The van der Waals surface area contributed by atoms with E-state index in [2.05, 4.69) is 0 Å². The van der Waals surface area contributed by atoms with Crippen LogP contribution in [-0.2, 0) is 16.4 Å². The van der Waals surface area contributed by atoms with Crippen LogP contribution < -0.4 is 4.90 Å². The fraction of sp³-hybridized carbons (Fsp3) is 0.350. The van der Waals surface area contributed by atoms with Crippen LogP contribution in [0.4, 0.5) is 5.69 Å². The lowest BCUT2D eigenvalue weighted by atomic mass is 10.0. The van der Waals surface area contributed by atoms with Crippen molar-refractivity contribution in [1.82, 2.24) is 4.31 Å². The van der Waals surface area contributed by atoms with Gasteiger partial charge in [-0.1, -0.05) is 31.5 Å². The summed E-state index contributed by atoms with van der Waals surface area (Å²) in [6.07, 6.45) is 1.71. The number of amides is 1. The normalized spacial score (nSPS) is 14.3. The van der Waals surface area contributed by atoms with Crippen LogP contribution in [0.3, 0.4) is 0 Å². The van der Waals surface area contributed by atoms with Gasteiger partial charge in [0.05, 0.1) is 4.90 Å². The van der Waals surface area contributed by atoms with Gasteiger partial charge in [-0.15, -0.1) is 0 Å². The molecule has 1 amide bonds. The van der Waals surface area contributed by atoms with Gasteiger partial charge in [-0.2, -0.15) is 4.31 Å². The van der Waals surface area contributed by atoms with Crippen LogP contribution >= 0.6 is 11.6 Å². The quantitative estimate of drug-likeness (QED) is 0.755. The van der Waals surface area contributed by atoms with E-state index in [0.717, 1.165) is 24.1 Å². The lowest BCUT2D eigenvalue weighted by Crippen LogP contribution is -2.35. The first kappa shape index (κ1) is 19.9. The van der Waals surface area contributed by atoms with Crippen molar-refractivity contribution in [2.75, 3.05) is 24.5 Å². The van der Waals surface area contributed by atoms with Crippen LogP contribution in [0, 0.1) is 0 Å². The summed E-state index contributed by atoms with van der Waals surface area (Å²) in [6.45, 7) is 4.96. The molecule has 0 N–H and O–H groups in total. The van der Waals surface area contributed by atoms with Crippen molar-refractivity contribution in [3.05, 3.63) is 58.6 Å². The number of rotatable bonds is 5. The van der Waals surface area contributed by atoms with Gasteiger partial charge in [0.15, 0.2) is 0 Å². The molecule has 0 unspecified atom stereocenters. The second-order valence-electron chi connectivity index (χ2n) is 6.45. The molecule has 0 spiro atoms. The molecule has 7 heteroatoms. The highest BCUT2D eigenvalue weighted by Crippen LogP contribution is 2.31. The number of sulfonamides is 1. The Hall–Kier alpha value is -1.89. The van der Waals surface area contributed by atoms with Crippen molar-refractivity contribution in [2.45, 2.75) is 31.6 Å². The zero-order valence-corrected chi connectivity index (χ0v) is 17.1. The Kier molecular flexibility index (Phi) is 5.89. The fourth-order valence-corrected chi connectivity index (χ4v) is 5.13. The number of benzene rings is 2. The number of hydrogen-bond donors (Lipinski definition) is 0. The first-order valence-corrected chi connectivity index (χ1v) is 10.9. The molecule has 1 heterocycles. The van der Waals surface area contributed by atoms with Gasteiger partial charge < -0.3 is 4.90 Å². The van der Waals surface area contributed by atoms with Gasteiger partial charge >= 0.3 is 0 Å². The molecule has 2 aromatic carbocycles. The van der Waals surface area contributed by atoms with Crippen LogP contribution in [0.25, 0.3) is 0 Å². The summed E-state index contributed by atoms with van der Waals surface area (Å²) in [5.41, 5.74) is 2.24. The Morgan fingerprint density at radius 1 is 1.15 bits per heavy atom. The molecule has 144 valence electrons. The van der Waals surface area contributed by atoms with Crippen LogP contribution in [0.2, 0.25) is 5.02 Å². The molecule has 2 aromatic rings. The highest BCUT2D eigenvalue weighted by atomic mass is 35.5. The Balaban J connectivity index is 1.96. The second-order valence-corrected chi connectivity index (χ2v) is 8.82. The van der Waals surface area contributed by atoms with E-state index in [4.69, 9.17) is 11.6 Å². The molecule has 0 bridgehead atoms. The molecule has 0 saturated heterocycles. The second kappa shape index (κ2) is 8.00. The fourth-order valence-electron chi connectivity index (χ4n) is 3.43. The maximum Gasteiger partial charge on any atom is 0.258 e. The molecule has 0 aromatic heterocycles. The van der Waals surface area contributed by atoms with Crippen molar-refractivity contribution in [3.8, 4) is 0 Å². The molecular weight excluding hydrogens is 384 g/mol. The van der Waals surface area contributed by atoms with E-state index in [1.54, 1.807) is 36.9 Å². The third-order valence-electron chi connectivity index (χ3n) is 4.83. The zero-order chi connectivity index (χ0) is 19.6. The summed E-state index contributed by atoms with van der Waals surface area (Å²) < 4.78 is 26.9. The van der Waals surface area contributed by atoms with E-state index in [-0.39, 0.29) is 10.8 Å². The molecule has 1 aliphatic rings. The Labute approximate surface area is 165 Å². The van der Waals surface area contributed by atoms with Crippen molar-refractivity contribution in [1.29, 1.82) is 0 Å². The predicted molar refractivity (Wildman–Crippen MR) is 108 cm³/mol. The van der Waals surface area contributed by atoms with Crippen molar-refractivity contribution in [3.63, 3.8) is 0 Å². The number of fused-ring (bicyclic) bond motifs is 1. The van der Waals surface area contributed by atoms with Crippen LogP contribution in [-0.4, -0.2) is 38.3 Å². The summed E-state index contributed by atoms with van der Waals surface area (Å²) in [4.78, 5) is 15.0. The van der Waals surface area contributed by atoms with Gasteiger partial charge in [-0.25, -0.2) is 8.42 Å². The largest absolute Gasteiger partial charge is 0.308 e. The van der Waals surface area contributed by atoms with E-state index < -0.39 is 10.0 Å². The Morgan fingerprint density at radius 2 is 1.89 bits per heavy atom. The standard InChI is InChI=1S/C20H23ClN2O3S/c1-3-22(4-2)27(25,26)18-9-5-7-16(14-18)20(24)23-12-6-8-15-13-17(21)10-11-19(15)23/h5,7,9-11,13-14H,3-4,6,8,12H2,1-2H3. The molecule has 3 rings (SSSR count). The van der Waals surface area contributed by atoms with Gasteiger partial charge in [0.1, 0.15) is 0 Å². The first-order valence-electron chi connectivity index (χ1n) is 9.09. The van der Waals surface area contributed by atoms with E-state index in [0.29, 0.717) is 30.2 Å². The molecule has 0 fully saturated rings. The summed E-state index contributed by atoms with van der Waals surface area (Å²) in [6, 6.07) is 11.8.